The highest BCUT2D eigenvalue weighted by molar-refractivity contribution is 6.67. The molecule has 0 aliphatic heterocycles. The van der Waals surface area contributed by atoms with Crippen molar-refractivity contribution in [3.8, 4) is 5.75 Å². The lowest BCUT2D eigenvalue weighted by atomic mass is 10.1. The molecule has 0 radical (unpaired) electrons. The van der Waals surface area contributed by atoms with Crippen molar-refractivity contribution in [2.75, 3.05) is 12.8 Å². The van der Waals surface area contributed by atoms with Crippen LogP contribution in [0, 0.1) is 10.1 Å². The monoisotopic (exact) mass is 230 g/mol. The highest BCUT2D eigenvalue weighted by Crippen LogP contribution is 2.33. The maximum Gasteiger partial charge on any atom is 0.296 e. The molecule has 0 aliphatic rings. The lowest BCUT2D eigenvalue weighted by Gasteiger charge is -2.05. The summed E-state index contributed by atoms with van der Waals surface area (Å²) < 4.78 is 4.79. The molecule has 0 atom stereocenters. The number of nitrogens with zero attached hydrogens (tertiary/aromatic N) is 1. The van der Waals surface area contributed by atoms with Crippen molar-refractivity contribution in [1.29, 1.82) is 0 Å². The number of halogens is 1. The predicted octanol–water partition coefficient (Wildman–Crippen LogP) is 1.56. The first-order chi connectivity index (χ1) is 6.97. The molecule has 7 heteroatoms. The average molecular weight is 231 g/mol. The number of nitrogens with two attached hydrogens (primary N) is 1. The lowest BCUT2D eigenvalue weighted by Crippen LogP contribution is -2.01. The zero-order valence-corrected chi connectivity index (χ0v) is 8.45. The molecule has 0 saturated carbocycles. The molecule has 1 aromatic carbocycles. The van der Waals surface area contributed by atoms with Crippen LogP contribution in [-0.2, 0) is 0 Å². The van der Waals surface area contributed by atoms with Crippen LogP contribution in [0.5, 0.6) is 5.75 Å². The number of nitrogen functional groups attached to an aromatic ring is 1. The number of nitro groups is 1. The lowest BCUT2D eigenvalue weighted by molar-refractivity contribution is -0.384. The van der Waals surface area contributed by atoms with Crippen LogP contribution in [0.3, 0.4) is 0 Å². The van der Waals surface area contributed by atoms with E-state index in [9.17, 15) is 14.9 Å². The number of nitro benzene ring substituents is 1. The third-order valence-electron chi connectivity index (χ3n) is 1.76. The van der Waals surface area contributed by atoms with E-state index in [4.69, 9.17) is 22.1 Å². The van der Waals surface area contributed by atoms with Gasteiger partial charge in [-0.3, -0.25) is 14.9 Å². The van der Waals surface area contributed by atoms with Gasteiger partial charge in [0, 0.05) is 11.6 Å². The number of benzene rings is 1. The number of hydrogen-bond donors (Lipinski definition) is 1. The molecule has 6 nitrogen and oxygen atoms in total. The third-order valence-corrected chi connectivity index (χ3v) is 1.98. The van der Waals surface area contributed by atoms with Crippen molar-refractivity contribution in [3.63, 3.8) is 0 Å². The molecule has 0 aromatic heterocycles. The van der Waals surface area contributed by atoms with Gasteiger partial charge in [-0.05, 0) is 17.7 Å². The fourth-order valence-electron chi connectivity index (χ4n) is 1.05. The van der Waals surface area contributed by atoms with Crippen molar-refractivity contribution >= 4 is 28.2 Å². The maximum absolute atomic E-state index is 10.8. The largest absolute Gasteiger partial charge is 0.494 e. The van der Waals surface area contributed by atoms with Gasteiger partial charge in [-0.25, -0.2) is 0 Å². The van der Waals surface area contributed by atoms with Gasteiger partial charge < -0.3 is 10.5 Å². The summed E-state index contributed by atoms with van der Waals surface area (Å²) in [6.07, 6.45) is 0. The van der Waals surface area contributed by atoms with E-state index in [0.717, 1.165) is 6.07 Å². The molecule has 80 valence electrons. The summed E-state index contributed by atoms with van der Waals surface area (Å²) in [5.74, 6) is 0.0493. The Labute approximate surface area is 89.7 Å². The van der Waals surface area contributed by atoms with Crippen molar-refractivity contribution < 1.29 is 14.5 Å². The zero-order valence-electron chi connectivity index (χ0n) is 7.69. The van der Waals surface area contributed by atoms with Gasteiger partial charge >= 0.3 is 0 Å². The molecule has 0 fully saturated rings. The molecule has 0 amide bonds. The van der Waals surface area contributed by atoms with Crippen LogP contribution in [0.15, 0.2) is 12.1 Å². The quantitative estimate of drug-likeness (QED) is 0.368. The third kappa shape index (κ3) is 2.16. The minimum absolute atomic E-state index is 0.0329. The summed E-state index contributed by atoms with van der Waals surface area (Å²) in [6.45, 7) is 0. The Balaban J connectivity index is 3.45. The number of hydrogen-bond acceptors (Lipinski definition) is 5. The topological polar surface area (TPSA) is 95.5 Å². The Morgan fingerprint density at radius 1 is 1.60 bits per heavy atom. The first-order valence-corrected chi connectivity index (χ1v) is 4.17. The van der Waals surface area contributed by atoms with Crippen LogP contribution in [0.2, 0.25) is 0 Å². The minimum atomic E-state index is -0.809. The van der Waals surface area contributed by atoms with Crippen LogP contribution in [0.25, 0.3) is 0 Å². The molecule has 2 N–H and O–H groups in total. The zero-order chi connectivity index (χ0) is 11.6. The van der Waals surface area contributed by atoms with E-state index in [1.807, 2.05) is 0 Å². The Kier molecular flexibility index (Phi) is 3.11. The summed E-state index contributed by atoms with van der Waals surface area (Å²) in [7, 11) is 1.29. The van der Waals surface area contributed by atoms with Gasteiger partial charge in [-0.15, -0.1) is 0 Å². The summed E-state index contributed by atoms with van der Waals surface area (Å²) in [6, 6.07) is 2.25. The van der Waals surface area contributed by atoms with Crippen LogP contribution in [0.4, 0.5) is 11.4 Å². The van der Waals surface area contributed by atoms with Gasteiger partial charge in [-0.2, -0.15) is 0 Å². The molecule has 1 rings (SSSR count). The van der Waals surface area contributed by atoms with Gasteiger partial charge in [0.15, 0.2) is 5.69 Å². The second-order valence-electron chi connectivity index (χ2n) is 2.64. The van der Waals surface area contributed by atoms with Gasteiger partial charge in [0.05, 0.1) is 12.0 Å². The normalized spacial score (nSPS) is 9.73. The van der Waals surface area contributed by atoms with Crippen molar-refractivity contribution in [2.45, 2.75) is 0 Å². The smallest absolute Gasteiger partial charge is 0.296 e. The Morgan fingerprint density at radius 2 is 2.20 bits per heavy atom. The standard InChI is InChI=1S/C8H7ClN2O4/c1-15-6-3-4(8(9)12)2-5(7(6)10)11(13)14/h2-3H,10H2,1H3. The molecule has 0 unspecified atom stereocenters. The summed E-state index contributed by atoms with van der Waals surface area (Å²) in [4.78, 5) is 20.7. The Hall–Kier alpha value is -1.82. The van der Waals surface area contributed by atoms with E-state index in [-0.39, 0.29) is 17.0 Å². The summed E-state index contributed by atoms with van der Waals surface area (Å²) in [5, 5.41) is 9.77. The van der Waals surface area contributed by atoms with E-state index in [1.165, 1.54) is 13.2 Å². The van der Waals surface area contributed by atoms with Crippen LogP contribution in [0.1, 0.15) is 10.4 Å². The minimum Gasteiger partial charge on any atom is -0.494 e. The number of rotatable bonds is 3. The SMILES string of the molecule is COc1cc(C(=O)Cl)cc([N+](=O)[O-])c1N. The van der Waals surface area contributed by atoms with Gasteiger partial charge in [-0.1, -0.05) is 0 Å². The predicted molar refractivity (Wildman–Crippen MR) is 54.2 cm³/mol. The fraction of sp³-hybridized carbons (Fsp3) is 0.125. The molecule has 0 aliphatic carbocycles. The second-order valence-corrected chi connectivity index (χ2v) is 2.99. The maximum atomic E-state index is 10.8. The van der Waals surface area contributed by atoms with Gasteiger partial charge in [0.2, 0.25) is 0 Å². The number of carbonyl (C=O) groups is 1. The first kappa shape index (κ1) is 11.3. The molecule has 15 heavy (non-hydrogen) atoms. The number of anilines is 1. The van der Waals surface area contributed by atoms with E-state index >= 15 is 0 Å². The highest BCUT2D eigenvalue weighted by Gasteiger charge is 2.19. The molecular weight excluding hydrogens is 224 g/mol. The molecule has 0 saturated heterocycles. The molecule has 0 spiro atoms. The van der Waals surface area contributed by atoms with E-state index in [1.54, 1.807) is 0 Å². The van der Waals surface area contributed by atoms with E-state index in [0.29, 0.717) is 0 Å². The fourth-order valence-corrected chi connectivity index (χ4v) is 1.15. The van der Waals surface area contributed by atoms with Crippen LogP contribution in [-0.4, -0.2) is 17.3 Å². The van der Waals surface area contributed by atoms with Crippen LogP contribution < -0.4 is 10.5 Å². The van der Waals surface area contributed by atoms with Crippen molar-refractivity contribution in [3.05, 3.63) is 27.8 Å². The van der Waals surface area contributed by atoms with Gasteiger partial charge in [0.1, 0.15) is 5.75 Å². The molecule has 0 heterocycles. The van der Waals surface area contributed by atoms with E-state index < -0.39 is 15.9 Å². The molecule has 1 aromatic rings. The first-order valence-electron chi connectivity index (χ1n) is 3.79. The number of methoxy groups -OCH3 is 1. The Bertz CT molecular complexity index is 433. The number of carbonyl (C=O) groups excluding carboxylic acids is 1. The van der Waals surface area contributed by atoms with E-state index in [2.05, 4.69) is 0 Å². The van der Waals surface area contributed by atoms with Crippen molar-refractivity contribution in [2.24, 2.45) is 0 Å². The van der Waals surface area contributed by atoms with Crippen LogP contribution >= 0.6 is 11.6 Å². The number of ether oxygens (including phenoxy) is 1. The summed E-state index contributed by atoms with van der Waals surface area (Å²) in [5.41, 5.74) is 4.87. The van der Waals surface area contributed by atoms with Gasteiger partial charge in [0.25, 0.3) is 10.9 Å². The summed E-state index contributed by atoms with van der Waals surface area (Å²) >= 11 is 5.20. The molecular formula is C8H7ClN2O4. The second kappa shape index (κ2) is 4.14. The van der Waals surface area contributed by atoms with Crippen molar-refractivity contribution in [1.82, 2.24) is 0 Å². The highest BCUT2D eigenvalue weighted by atomic mass is 35.5. The Morgan fingerprint density at radius 3 is 2.60 bits per heavy atom. The molecule has 0 bridgehead atoms. The average Bonchev–Trinajstić information content (AvgIpc) is 2.17.